The quantitative estimate of drug-likeness (QED) is 0.421. The summed E-state index contributed by atoms with van der Waals surface area (Å²) in [7, 11) is 1.62. The molecule has 1 unspecified atom stereocenters. The molecule has 2 heterocycles. The molecule has 0 radical (unpaired) electrons. The van der Waals surface area contributed by atoms with Gasteiger partial charge in [0.25, 0.3) is 11.8 Å². The third-order valence-corrected chi connectivity index (χ3v) is 7.09. The van der Waals surface area contributed by atoms with Crippen LogP contribution in [0.3, 0.4) is 0 Å². The van der Waals surface area contributed by atoms with Gasteiger partial charge in [0.2, 0.25) is 0 Å². The van der Waals surface area contributed by atoms with Gasteiger partial charge in [-0.25, -0.2) is 4.98 Å². The normalized spacial score (nSPS) is 17.1. The van der Waals surface area contributed by atoms with Crippen LogP contribution in [0.4, 0.5) is 0 Å². The lowest BCUT2D eigenvalue weighted by Gasteiger charge is -2.28. The van der Waals surface area contributed by atoms with E-state index >= 15 is 0 Å². The van der Waals surface area contributed by atoms with E-state index in [4.69, 9.17) is 4.74 Å². The largest absolute Gasteiger partial charge is 0.497 e. The molecule has 1 fully saturated rings. The van der Waals surface area contributed by atoms with Gasteiger partial charge in [-0.2, -0.15) is 0 Å². The Kier molecular flexibility index (Phi) is 8.12. The maximum absolute atomic E-state index is 12.9. The lowest BCUT2D eigenvalue weighted by atomic mass is 10.0. The Morgan fingerprint density at radius 1 is 1.14 bits per heavy atom. The second-order valence-corrected chi connectivity index (χ2v) is 9.65. The molecule has 8 nitrogen and oxygen atoms in total. The van der Waals surface area contributed by atoms with E-state index in [1.807, 2.05) is 54.6 Å². The number of aliphatic hydroxyl groups excluding tert-OH is 2. The number of amides is 2. The summed E-state index contributed by atoms with van der Waals surface area (Å²) in [6, 6.07) is 17.2. The van der Waals surface area contributed by atoms with E-state index in [-0.39, 0.29) is 12.6 Å². The summed E-state index contributed by atoms with van der Waals surface area (Å²) < 4.78 is 5.17. The Balaban J connectivity index is 1.30. The molecule has 2 amide bonds. The zero-order chi connectivity index (χ0) is 24.8. The van der Waals surface area contributed by atoms with Crippen LogP contribution in [0, 0.1) is 0 Å². The summed E-state index contributed by atoms with van der Waals surface area (Å²) in [5, 5.41) is 24.1. The number of aliphatic hydroxyl groups is 2. The first-order valence-corrected chi connectivity index (χ1v) is 12.3. The fourth-order valence-electron chi connectivity index (χ4n) is 4.22. The smallest absolute Gasteiger partial charge is 0.255 e. The minimum Gasteiger partial charge on any atom is -0.497 e. The summed E-state index contributed by atoms with van der Waals surface area (Å²) in [6.45, 7) is 0.570. The molecule has 0 saturated carbocycles. The molecule has 1 saturated heterocycles. The van der Waals surface area contributed by atoms with Crippen LogP contribution in [-0.4, -0.2) is 57.8 Å². The topological polar surface area (TPSA) is 112 Å². The van der Waals surface area contributed by atoms with Crippen molar-refractivity contribution in [3.05, 3.63) is 81.8 Å². The van der Waals surface area contributed by atoms with E-state index in [9.17, 15) is 19.8 Å². The Hall–Kier alpha value is -3.27. The van der Waals surface area contributed by atoms with Crippen molar-refractivity contribution in [2.75, 3.05) is 13.7 Å². The molecular formula is C26H29N3O5S. The van der Waals surface area contributed by atoms with Gasteiger partial charge < -0.3 is 25.2 Å². The molecule has 3 N–H and O–H groups in total. The van der Waals surface area contributed by atoms with Gasteiger partial charge in [0, 0.05) is 24.0 Å². The number of hydrogen-bond acceptors (Lipinski definition) is 7. The van der Waals surface area contributed by atoms with Gasteiger partial charge in [0.05, 0.1) is 19.7 Å². The van der Waals surface area contributed by atoms with E-state index in [0.29, 0.717) is 18.0 Å². The van der Waals surface area contributed by atoms with Crippen LogP contribution in [0.25, 0.3) is 0 Å². The van der Waals surface area contributed by atoms with E-state index < -0.39 is 24.0 Å². The van der Waals surface area contributed by atoms with Crippen molar-refractivity contribution in [3.8, 4) is 5.75 Å². The number of carbonyl (C=O) groups is 2. The van der Waals surface area contributed by atoms with Crippen LogP contribution in [0.2, 0.25) is 0 Å². The molecule has 35 heavy (non-hydrogen) atoms. The number of methoxy groups -OCH3 is 1. The Bertz CT molecular complexity index is 1140. The van der Waals surface area contributed by atoms with Gasteiger partial charge in [0.1, 0.15) is 10.8 Å². The van der Waals surface area contributed by atoms with Crippen molar-refractivity contribution in [2.45, 2.75) is 44.1 Å². The van der Waals surface area contributed by atoms with Crippen LogP contribution in [0.1, 0.15) is 39.9 Å². The average molecular weight is 496 g/mol. The highest BCUT2D eigenvalue weighted by molar-refractivity contribution is 7.11. The van der Waals surface area contributed by atoms with Gasteiger partial charge in [-0.3, -0.25) is 9.59 Å². The summed E-state index contributed by atoms with van der Waals surface area (Å²) in [5.74, 6) is -0.663. The number of aromatic nitrogens is 1. The number of nitrogens with one attached hydrogen (secondary N) is 1. The number of ether oxygens (including phenoxy) is 1. The molecule has 1 aromatic heterocycles. The Morgan fingerprint density at radius 3 is 2.60 bits per heavy atom. The van der Waals surface area contributed by atoms with E-state index in [2.05, 4.69) is 10.3 Å². The molecule has 0 bridgehead atoms. The second-order valence-electron chi connectivity index (χ2n) is 8.45. The maximum Gasteiger partial charge on any atom is 0.255 e. The fourth-order valence-corrected chi connectivity index (χ4v) is 5.12. The second kappa shape index (κ2) is 11.4. The summed E-state index contributed by atoms with van der Waals surface area (Å²) >= 11 is 1.45. The molecule has 9 heteroatoms. The van der Waals surface area contributed by atoms with Crippen molar-refractivity contribution in [3.63, 3.8) is 0 Å². The van der Waals surface area contributed by atoms with Crippen LogP contribution >= 0.6 is 11.3 Å². The number of benzene rings is 2. The molecular weight excluding hydrogens is 466 g/mol. The number of nitrogens with zero attached hydrogens (tertiary/aromatic N) is 2. The van der Waals surface area contributed by atoms with Crippen molar-refractivity contribution < 1.29 is 24.5 Å². The van der Waals surface area contributed by atoms with E-state index in [1.165, 1.54) is 11.3 Å². The highest BCUT2D eigenvalue weighted by atomic mass is 32.1. The van der Waals surface area contributed by atoms with Gasteiger partial charge in [-0.05, 0) is 36.1 Å². The number of hydrogen-bond donors (Lipinski definition) is 3. The lowest BCUT2D eigenvalue weighted by Crippen LogP contribution is -2.50. The summed E-state index contributed by atoms with van der Waals surface area (Å²) in [4.78, 5) is 32.2. The number of thiazole rings is 1. The van der Waals surface area contributed by atoms with Crippen LogP contribution in [0.15, 0.2) is 60.8 Å². The molecule has 2 aromatic carbocycles. The molecule has 0 aliphatic carbocycles. The highest BCUT2D eigenvalue weighted by Crippen LogP contribution is 2.32. The monoisotopic (exact) mass is 495 g/mol. The molecule has 1 aliphatic rings. The highest BCUT2D eigenvalue weighted by Gasteiger charge is 2.38. The van der Waals surface area contributed by atoms with Crippen molar-refractivity contribution >= 4 is 23.2 Å². The third-order valence-electron chi connectivity index (χ3n) is 6.09. The fraction of sp³-hybridized carbons (Fsp3) is 0.346. The summed E-state index contributed by atoms with van der Waals surface area (Å²) in [5.41, 5.74) is 2.08. The van der Waals surface area contributed by atoms with Crippen LogP contribution in [-0.2, 0) is 22.6 Å². The zero-order valence-corrected chi connectivity index (χ0v) is 20.3. The minimum absolute atomic E-state index is 0.0977. The molecule has 184 valence electrons. The van der Waals surface area contributed by atoms with Crippen molar-refractivity contribution in [1.82, 2.24) is 15.2 Å². The molecule has 1 aliphatic heterocycles. The van der Waals surface area contributed by atoms with Gasteiger partial charge in [-0.1, -0.05) is 42.5 Å². The minimum atomic E-state index is -1.86. The van der Waals surface area contributed by atoms with Crippen molar-refractivity contribution in [1.29, 1.82) is 0 Å². The molecule has 4 rings (SSSR count). The molecule has 3 aromatic rings. The number of rotatable bonds is 9. The lowest BCUT2D eigenvalue weighted by molar-refractivity contribution is -0.153. The molecule has 3 atom stereocenters. The standard InChI is InChI=1S/C26H29N3O5S/c1-34-19-11-9-17(10-12-19)14-20-15-27-22(35-20)16-28-25(32)23(30)24(31)26(33)29-13-5-8-21(29)18-6-3-2-4-7-18/h2-4,6-7,9-12,15,21,23-24,30-31H,5,8,13-14,16H2,1H3,(H,28,32)/t21?,23-,24-/m1/s1. The Labute approximate surface area is 208 Å². The maximum atomic E-state index is 12.9. The average Bonchev–Trinajstić information content (AvgIpc) is 3.57. The number of carbonyl (C=O) groups excluding carboxylic acids is 2. The van der Waals surface area contributed by atoms with Gasteiger partial charge >= 0.3 is 0 Å². The van der Waals surface area contributed by atoms with Crippen LogP contribution in [0.5, 0.6) is 5.75 Å². The van der Waals surface area contributed by atoms with E-state index in [0.717, 1.165) is 34.6 Å². The SMILES string of the molecule is COc1ccc(Cc2cnc(CNC(=O)[C@H](O)[C@@H](O)C(=O)N3CCCC3c3ccccc3)s2)cc1. The predicted molar refractivity (Wildman–Crippen MR) is 132 cm³/mol. The number of likely N-dealkylation sites (tertiary alicyclic amines) is 1. The van der Waals surface area contributed by atoms with E-state index in [1.54, 1.807) is 18.2 Å². The zero-order valence-electron chi connectivity index (χ0n) is 19.5. The van der Waals surface area contributed by atoms with Crippen molar-refractivity contribution in [2.24, 2.45) is 0 Å². The van der Waals surface area contributed by atoms with Gasteiger partial charge in [-0.15, -0.1) is 11.3 Å². The first-order chi connectivity index (χ1) is 17.0. The summed E-state index contributed by atoms with van der Waals surface area (Å²) in [6.07, 6.45) is 0.322. The first-order valence-electron chi connectivity index (χ1n) is 11.5. The molecule has 0 spiro atoms. The Morgan fingerprint density at radius 2 is 1.89 bits per heavy atom. The third kappa shape index (κ3) is 6.05. The van der Waals surface area contributed by atoms with Crippen LogP contribution < -0.4 is 10.1 Å². The first kappa shape index (κ1) is 24.8. The van der Waals surface area contributed by atoms with Gasteiger partial charge in [0.15, 0.2) is 12.2 Å². The predicted octanol–water partition coefficient (Wildman–Crippen LogP) is 2.44.